The minimum absolute atomic E-state index is 0. The first-order valence-corrected chi connectivity index (χ1v) is 5.53. The lowest BCUT2D eigenvalue weighted by molar-refractivity contribution is 0.0958. The molecule has 0 aliphatic carbocycles. The maximum Gasteiger partial charge on any atom is 0.261 e. The smallest absolute Gasteiger partial charge is 0.261 e. The maximum absolute atomic E-state index is 11.4. The first-order chi connectivity index (χ1) is 6.24. The van der Waals surface area contributed by atoms with Gasteiger partial charge in [-0.15, -0.1) is 23.7 Å². The van der Waals surface area contributed by atoms with Crippen LogP contribution in [-0.4, -0.2) is 26.0 Å². The van der Waals surface area contributed by atoms with Gasteiger partial charge in [0, 0.05) is 13.1 Å². The van der Waals surface area contributed by atoms with Crippen molar-refractivity contribution in [3.63, 3.8) is 0 Å². The van der Waals surface area contributed by atoms with E-state index in [-0.39, 0.29) is 18.3 Å². The van der Waals surface area contributed by atoms with Crippen LogP contribution in [0.3, 0.4) is 0 Å². The molecule has 1 rings (SSSR count). The number of halogens is 2. The summed E-state index contributed by atoms with van der Waals surface area (Å²) >= 11 is 4.75. The summed E-state index contributed by atoms with van der Waals surface area (Å²) in [5.41, 5.74) is 0. The summed E-state index contributed by atoms with van der Waals surface area (Å²) in [5, 5.41) is 5.76. The zero-order chi connectivity index (χ0) is 9.68. The quantitative estimate of drug-likeness (QED) is 0.834. The number of nitrogens with one attached hydrogen (secondary N) is 2. The van der Waals surface area contributed by atoms with Gasteiger partial charge in [-0.3, -0.25) is 4.79 Å². The van der Waals surface area contributed by atoms with Gasteiger partial charge in [-0.05, 0) is 35.1 Å². The van der Waals surface area contributed by atoms with Crippen LogP contribution in [0.15, 0.2) is 15.9 Å². The lowest BCUT2D eigenvalue weighted by atomic mass is 10.4. The highest BCUT2D eigenvalue weighted by molar-refractivity contribution is 9.11. The molecule has 0 radical (unpaired) electrons. The van der Waals surface area contributed by atoms with Crippen molar-refractivity contribution in [1.29, 1.82) is 0 Å². The molecule has 0 bridgehead atoms. The minimum Gasteiger partial charge on any atom is -0.350 e. The van der Waals surface area contributed by atoms with Crippen molar-refractivity contribution in [2.45, 2.75) is 0 Å². The molecule has 1 aromatic heterocycles. The number of thiophene rings is 1. The van der Waals surface area contributed by atoms with E-state index in [1.165, 1.54) is 11.3 Å². The molecule has 14 heavy (non-hydrogen) atoms. The number of hydrogen-bond acceptors (Lipinski definition) is 3. The number of amides is 1. The van der Waals surface area contributed by atoms with Crippen LogP contribution in [0.2, 0.25) is 0 Å². The number of rotatable bonds is 4. The summed E-state index contributed by atoms with van der Waals surface area (Å²) in [6.45, 7) is 1.45. The van der Waals surface area contributed by atoms with Crippen LogP contribution < -0.4 is 10.6 Å². The topological polar surface area (TPSA) is 41.1 Å². The molecule has 0 unspecified atom stereocenters. The van der Waals surface area contributed by atoms with Crippen molar-refractivity contribution in [3.05, 3.63) is 20.8 Å². The van der Waals surface area contributed by atoms with Crippen LogP contribution >= 0.6 is 39.7 Å². The molecule has 0 saturated heterocycles. The van der Waals surface area contributed by atoms with E-state index in [1.54, 1.807) is 0 Å². The second-order valence-electron chi connectivity index (χ2n) is 2.46. The predicted octanol–water partition coefficient (Wildman–Crippen LogP) is 1.88. The van der Waals surface area contributed by atoms with Gasteiger partial charge >= 0.3 is 0 Å². The van der Waals surface area contributed by atoms with E-state index in [0.717, 1.165) is 15.2 Å². The summed E-state index contributed by atoms with van der Waals surface area (Å²) in [7, 11) is 1.86. The highest BCUT2D eigenvalue weighted by Crippen LogP contribution is 2.21. The second kappa shape index (κ2) is 7.23. The van der Waals surface area contributed by atoms with Gasteiger partial charge in [0.15, 0.2) is 0 Å². The summed E-state index contributed by atoms with van der Waals surface area (Å²) < 4.78 is 0.978. The molecule has 2 N–H and O–H groups in total. The third-order valence-corrected chi connectivity index (χ3v) is 3.08. The molecule has 0 aliphatic heterocycles. The van der Waals surface area contributed by atoms with Gasteiger partial charge < -0.3 is 10.6 Å². The number of hydrogen-bond donors (Lipinski definition) is 2. The Balaban J connectivity index is 0.00000169. The molecule has 0 aliphatic rings. The summed E-state index contributed by atoms with van der Waals surface area (Å²) in [6.07, 6.45) is 0. The van der Waals surface area contributed by atoms with Gasteiger partial charge in [-0.2, -0.15) is 0 Å². The Bertz CT molecular complexity index is 293. The Kier molecular flexibility index (Phi) is 7.17. The maximum atomic E-state index is 11.4. The van der Waals surface area contributed by atoms with Crippen molar-refractivity contribution in [1.82, 2.24) is 10.6 Å². The molecule has 3 nitrogen and oxygen atoms in total. The molecule has 0 aromatic carbocycles. The summed E-state index contributed by atoms with van der Waals surface area (Å²) in [4.78, 5) is 12.1. The summed E-state index contributed by atoms with van der Waals surface area (Å²) in [6, 6.07) is 3.68. The Morgan fingerprint density at radius 2 is 2.21 bits per heavy atom. The molecule has 1 heterocycles. The molecule has 6 heteroatoms. The standard InChI is InChI=1S/C8H11BrN2OS.ClH/c1-10-4-5-11-8(12)6-2-3-7(9)13-6;/h2-3,10H,4-5H2,1H3,(H,11,12);1H. The van der Waals surface area contributed by atoms with Gasteiger partial charge in [-0.25, -0.2) is 0 Å². The average Bonchev–Trinajstić information content (AvgIpc) is 2.52. The number of carbonyl (C=O) groups is 1. The SMILES string of the molecule is CNCCNC(=O)c1ccc(Br)s1.Cl. The first kappa shape index (κ1) is 13.9. The van der Waals surface area contributed by atoms with Crippen molar-refractivity contribution in [2.75, 3.05) is 20.1 Å². The van der Waals surface area contributed by atoms with Gasteiger partial charge in [0.2, 0.25) is 0 Å². The van der Waals surface area contributed by atoms with Gasteiger partial charge in [0.25, 0.3) is 5.91 Å². The molecule has 0 fully saturated rings. The molecule has 0 spiro atoms. The zero-order valence-electron chi connectivity index (χ0n) is 7.67. The highest BCUT2D eigenvalue weighted by atomic mass is 79.9. The van der Waals surface area contributed by atoms with Crippen LogP contribution in [-0.2, 0) is 0 Å². The molecule has 0 atom stereocenters. The van der Waals surface area contributed by atoms with Crippen LogP contribution in [0, 0.1) is 0 Å². The minimum atomic E-state index is -0.00838. The molecular weight excluding hydrogens is 288 g/mol. The summed E-state index contributed by atoms with van der Waals surface area (Å²) in [5.74, 6) is -0.00838. The van der Waals surface area contributed by atoms with Gasteiger partial charge in [-0.1, -0.05) is 0 Å². The molecule has 0 saturated carbocycles. The predicted molar refractivity (Wildman–Crippen MR) is 65.5 cm³/mol. The van der Waals surface area contributed by atoms with E-state index in [0.29, 0.717) is 6.54 Å². The lowest BCUT2D eigenvalue weighted by Gasteiger charge is -2.01. The van der Waals surface area contributed by atoms with E-state index in [2.05, 4.69) is 26.6 Å². The molecule has 1 aromatic rings. The Labute approximate surface area is 102 Å². The Morgan fingerprint density at radius 3 is 2.71 bits per heavy atom. The van der Waals surface area contributed by atoms with E-state index < -0.39 is 0 Å². The van der Waals surface area contributed by atoms with Crippen LogP contribution in [0.4, 0.5) is 0 Å². The van der Waals surface area contributed by atoms with Crippen molar-refractivity contribution >= 4 is 45.6 Å². The van der Waals surface area contributed by atoms with Crippen LogP contribution in [0.25, 0.3) is 0 Å². The van der Waals surface area contributed by atoms with Gasteiger partial charge in [0.05, 0.1) is 8.66 Å². The third kappa shape index (κ3) is 4.41. The zero-order valence-corrected chi connectivity index (χ0v) is 10.9. The fourth-order valence-corrected chi connectivity index (χ4v) is 2.13. The van der Waals surface area contributed by atoms with E-state index >= 15 is 0 Å². The normalized spacial score (nSPS) is 9.29. The molecule has 1 amide bonds. The van der Waals surface area contributed by atoms with Crippen molar-refractivity contribution < 1.29 is 4.79 Å². The molecule has 80 valence electrons. The number of carbonyl (C=O) groups excluding carboxylic acids is 1. The highest BCUT2D eigenvalue weighted by Gasteiger charge is 2.06. The second-order valence-corrected chi connectivity index (χ2v) is 4.93. The third-order valence-electron chi connectivity index (χ3n) is 1.46. The van der Waals surface area contributed by atoms with Crippen LogP contribution in [0.1, 0.15) is 9.67 Å². The first-order valence-electron chi connectivity index (χ1n) is 3.92. The van der Waals surface area contributed by atoms with Gasteiger partial charge in [0.1, 0.15) is 0 Å². The number of likely N-dealkylation sites (N-methyl/N-ethyl adjacent to an activating group) is 1. The monoisotopic (exact) mass is 298 g/mol. The fraction of sp³-hybridized carbons (Fsp3) is 0.375. The Hall–Kier alpha value is -0.100. The van der Waals surface area contributed by atoms with E-state index in [1.807, 2.05) is 19.2 Å². The van der Waals surface area contributed by atoms with Crippen LogP contribution in [0.5, 0.6) is 0 Å². The Morgan fingerprint density at radius 1 is 1.50 bits per heavy atom. The average molecular weight is 300 g/mol. The van der Waals surface area contributed by atoms with Crippen molar-refractivity contribution in [2.24, 2.45) is 0 Å². The van der Waals surface area contributed by atoms with Crippen molar-refractivity contribution in [3.8, 4) is 0 Å². The van der Waals surface area contributed by atoms with E-state index in [4.69, 9.17) is 0 Å². The van der Waals surface area contributed by atoms with E-state index in [9.17, 15) is 4.79 Å². The largest absolute Gasteiger partial charge is 0.350 e. The fourth-order valence-electron chi connectivity index (χ4n) is 0.824. The molecular formula is C8H12BrClN2OS. The lowest BCUT2D eigenvalue weighted by Crippen LogP contribution is -2.29.